The van der Waals surface area contributed by atoms with Crippen LogP contribution in [-0.2, 0) is 4.74 Å². The van der Waals surface area contributed by atoms with Gasteiger partial charge in [-0.2, -0.15) is 0 Å². The lowest BCUT2D eigenvalue weighted by atomic mass is 9.77. The monoisotopic (exact) mass is 282 g/mol. The summed E-state index contributed by atoms with van der Waals surface area (Å²) in [5.41, 5.74) is 0. The standard InChI is InChI=1S/C16H30N2O2/c19-16-4-7-18(11-16)8-6-17-15-3-1-2-13(10-15)14-5-9-20-12-14/h13-17,19H,1-12H2/t13?,14?,15?,16-/m0/s1. The van der Waals surface area contributed by atoms with E-state index < -0.39 is 0 Å². The zero-order valence-corrected chi connectivity index (χ0v) is 12.6. The molecule has 4 nitrogen and oxygen atoms in total. The summed E-state index contributed by atoms with van der Waals surface area (Å²) in [6.45, 7) is 6.08. The Bertz CT molecular complexity index is 294. The van der Waals surface area contributed by atoms with Crippen LogP contribution in [-0.4, -0.2) is 61.5 Å². The minimum atomic E-state index is -0.0866. The lowest BCUT2D eigenvalue weighted by Gasteiger charge is -2.33. The lowest BCUT2D eigenvalue weighted by molar-refractivity contribution is 0.150. The summed E-state index contributed by atoms with van der Waals surface area (Å²) in [4.78, 5) is 2.38. The quantitative estimate of drug-likeness (QED) is 0.796. The smallest absolute Gasteiger partial charge is 0.0679 e. The fourth-order valence-electron chi connectivity index (χ4n) is 4.21. The van der Waals surface area contributed by atoms with Gasteiger partial charge in [0, 0.05) is 45.4 Å². The third-order valence-corrected chi connectivity index (χ3v) is 5.45. The Balaban J connectivity index is 1.35. The van der Waals surface area contributed by atoms with E-state index in [1.54, 1.807) is 0 Å². The molecule has 1 aliphatic carbocycles. The first-order valence-electron chi connectivity index (χ1n) is 8.53. The summed E-state index contributed by atoms with van der Waals surface area (Å²) in [5, 5.41) is 13.3. The molecule has 2 heterocycles. The molecule has 0 spiro atoms. The maximum atomic E-state index is 9.53. The second-order valence-corrected chi connectivity index (χ2v) is 6.94. The fourth-order valence-corrected chi connectivity index (χ4v) is 4.21. The van der Waals surface area contributed by atoms with Crippen LogP contribution in [0.25, 0.3) is 0 Å². The summed E-state index contributed by atoms with van der Waals surface area (Å²) in [5.74, 6) is 1.71. The lowest BCUT2D eigenvalue weighted by Crippen LogP contribution is -2.40. The first-order chi connectivity index (χ1) is 9.81. The van der Waals surface area contributed by atoms with Crippen molar-refractivity contribution < 1.29 is 9.84 Å². The summed E-state index contributed by atoms with van der Waals surface area (Å²) in [7, 11) is 0. The van der Waals surface area contributed by atoms with E-state index in [0.717, 1.165) is 57.6 Å². The number of nitrogens with one attached hydrogen (secondary N) is 1. The Kier molecular flexibility index (Phi) is 5.32. The third kappa shape index (κ3) is 3.94. The van der Waals surface area contributed by atoms with Gasteiger partial charge in [-0.25, -0.2) is 0 Å². The predicted molar refractivity (Wildman–Crippen MR) is 79.7 cm³/mol. The van der Waals surface area contributed by atoms with Crippen molar-refractivity contribution in [2.45, 2.75) is 50.7 Å². The van der Waals surface area contributed by atoms with Gasteiger partial charge in [0.1, 0.15) is 0 Å². The Morgan fingerprint density at radius 2 is 2.10 bits per heavy atom. The van der Waals surface area contributed by atoms with Gasteiger partial charge in [-0.15, -0.1) is 0 Å². The van der Waals surface area contributed by atoms with Gasteiger partial charge in [0.05, 0.1) is 6.10 Å². The number of rotatable bonds is 5. The van der Waals surface area contributed by atoms with Crippen LogP contribution in [0.1, 0.15) is 38.5 Å². The van der Waals surface area contributed by atoms with E-state index in [1.807, 2.05) is 0 Å². The molecule has 0 aromatic heterocycles. The van der Waals surface area contributed by atoms with Crippen molar-refractivity contribution in [3.8, 4) is 0 Å². The minimum absolute atomic E-state index is 0.0866. The molecule has 0 aromatic carbocycles. The zero-order chi connectivity index (χ0) is 13.8. The van der Waals surface area contributed by atoms with Gasteiger partial charge in [-0.05, 0) is 43.9 Å². The topological polar surface area (TPSA) is 44.7 Å². The predicted octanol–water partition coefficient (Wildman–Crippen LogP) is 1.24. The maximum Gasteiger partial charge on any atom is 0.0679 e. The van der Waals surface area contributed by atoms with Crippen LogP contribution < -0.4 is 5.32 Å². The first-order valence-corrected chi connectivity index (χ1v) is 8.53. The van der Waals surface area contributed by atoms with Gasteiger partial charge in [-0.1, -0.05) is 6.42 Å². The second kappa shape index (κ2) is 7.21. The molecule has 2 aliphatic heterocycles. The second-order valence-electron chi connectivity index (χ2n) is 6.94. The molecule has 0 aromatic rings. The van der Waals surface area contributed by atoms with E-state index in [2.05, 4.69) is 10.2 Å². The molecule has 2 N–H and O–H groups in total. The van der Waals surface area contributed by atoms with Crippen molar-refractivity contribution in [1.29, 1.82) is 0 Å². The van der Waals surface area contributed by atoms with Gasteiger partial charge in [-0.3, -0.25) is 4.90 Å². The van der Waals surface area contributed by atoms with Crippen LogP contribution in [0.15, 0.2) is 0 Å². The molecule has 1 saturated carbocycles. The summed E-state index contributed by atoms with van der Waals surface area (Å²) < 4.78 is 5.55. The highest BCUT2D eigenvalue weighted by atomic mass is 16.5. The molecule has 3 aliphatic rings. The third-order valence-electron chi connectivity index (χ3n) is 5.45. The van der Waals surface area contributed by atoms with Crippen molar-refractivity contribution in [2.24, 2.45) is 11.8 Å². The number of hydrogen-bond donors (Lipinski definition) is 2. The molecule has 20 heavy (non-hydrogen) atoms. The molecule has 3 rings (SSSR count). The first kappa shape index (κ1) is 14.8. The Morgan fingerprint density at radius 1 is 1.15 bits per heavy atom. The number of aliphatic hydroxyl groups is 1. The van der Waals surface area contributed by atoms with Crippen LogP contribution in [0.2, 0.25) is 0 Å². The molecule has 3 fully saturated rings. The van der Waals surface area contributed by atoms with Crippen LogP contribution in [0.3, 0.4) is 0 Å². The van der Waals surface area contributed by atoms with E-state index in [9.17, 15) is 5.11 Å². The SMILES string of the molecule is O[C@H]1CCN(CCNC2CCCC(C3CCOC3)C2)C1. The zero-order valence-electron chi connectivity index (χ0n) is 12.6. The highest BCUT2D eigenvalue weighted by Crippen LogP contribution is 2.34. The number of likely N-dealkylation sites (tertiary alicyclic amines) is 1. The molecule has 4 heteroatoms. The van der Waals surface area contributed by atoms with Crippen LogP contribution in [0.4, 0.5) is 0 Å². The Morgan fingerprint density at radius 3 is 2.85 bits per heavy atom. The van der Waals surface area contributed by atoms with Crippen LogP contribution in [0.5, 0.6) is 0 Å². The van der Waals surface area contributed by atoms with Crippen molar-refractivity contribution in [3.63, 3.8) is 0 Å². The normalized spacial score (nSPS) is 39.5. The van der Waals surface area contributed by atoms with E-state index >= 15 is 0 Å². The molecule has 0 amide bonds. The van der Waals surface area contributed by atoms with Crippen LogP contribution in [0, 0.1) is 11.8 Å². The van der Waals surface area contributed by atoms with Gasteiger partial charge in [0.15, 0.2) is 0 Å². The highest BCUT2D eigenvalue weighted by Gasteiger charge is 2.30. The van der Waals surface area contributed by atoms with Crippen molar-refractivity contribution in [2.75, 3.05) is 39.4 Å². The average Bonchev–Trinajstić information content (AvgIpc) is 3.11. The number of β-amino-alcohol motifs (C(OH)–C–C–N with tert-alkyl or cyclic N) is 1. The van der Waals surface area contributed by atoms with E-state index in [1.165, 1.54) is 32.1 Å². The number of nitrogens with zero attached hydrogens (tertiary/aromatic N) is 1. The van der Waals surface area contributed by atoms with E-state index in [-0.39, 0.29) is 6.10 Å². The molecule has 0 bridgehead atoms. The molecular weight excluding hydrogens is 252 g/mol. The molecule has 116 valence electrons. The Hall–Kier alpha value is -0.160. The van der Waals surface area contributed by atoms with Gasteiger partial charge in [0.2, 0.25) is 0 Å². The van der Waals surface area contributed by atoms with Crippen LogP contribution >= 0.6 is 0 Å². The molecule has 2 saturated heterocycles. The number of hydrogen-bond acceptors (Lipinski definition) is 4. The summed E-state index contributed by atoms with van der Waals surface area (Å²) in [6.07, 6.45) is 7.61. The fraction of sp³-hybridized carbons (Fsp3) is 1.00. The van der Waals surface area contributed by atoms with Crippen molar-refractivity contribution in [1.82, 2.24) is 10.2 Å². The summed E-state index contributed by atoms with van der Waals surface area (Å²) >= 11 is 0. The van der Waals surface area contributed by atoms with Gasteiger partial charge in [0.25, 0.3) is 0 Å². The Labute approximate surface area is 122 Å². The molecule has 3 unspecified atom stereocenters. The highest BCUT2D eigenvalue weighted by molar-refractivity contribution is 4.84. The van der Waals surface area contributed by atoms with E-state index in [4.69, 9.17) is 4.74 Å². The van der Waals surface area contributed by atoms with Crippen molar-refractivity contribution >= 4 is 0 Å². The number of aliphatic hydroxyl groups excluding tert-OH is 1. The average molecular weight is 282 g/mol. The van der Waals surface area contributed by atoms with Gasteiger partial charge < -0.3 is 15.2 Å². The maximum absolute atomic E-state index is 9.53. The van der Waals surface area contributed by atoms with Crippen molar-refractivity contribution in [3.05, 3.63) is 0 Å². The van der Waals surface area contributed by atoms with Gasteiger partial charge >= 0.3 is 0 Å². The molecule has 4 atom stereocenters. The minimum Gasteiger partial charge on any atom is -0.392 e. The molecular formula is C16H30N2O2. The summed E-state index contributed by atoms with van der Waals surface area (Å²) in [6, 6.07) is 0.710. The molecule has 0 radical (unpaired) electrons. The largest absolute Gasteiger partial charge is 0.392 e. The van der Waals surface area contributed by atoms with E-state index in [0.29, 0.717) is 6.04 Å². The number of ether oxygens (including phenoxy) is 1.